The molecule has 1 aliphatic rings. The molecule has 0 radical (unpaired) electrons. The molecule has 0 saturated carbocycles. The van der Waals surface area contributed by atoms with E-state index in [0.29, 0.717) is 6.42 Å². The molecule has 106 valence electrons. The lowest BCUT2D eigenvalue weighted by molar-refractivity contribution is -0.179. The Bertz CT molecular complexity index is 593. The van der Waals surface area contributed by atoms with Crippen molar-refractivity contribution in [1.29, 1.82) is 0 Å². The monoisotopic (exact) mass is 279 g/mol. The Morgan fingerprint density at radius 2 is 1.70 bits per heavy atom. The quantitative estimate of drug-likeness (QED) is 0.813. The minimum absolute atomic E-state index is 0.0113. The first-order chi connectivity index (χ1) is 9.55. The van der Waals surface area contributed by atoms with Gasteiger partial charge in [-0.05, 0) is 29.2 Å². The molecule has 1 heterocycles. The summed E-state index contributed by atoms with van der Waals surface area (Å²) in [5, 5.41) is 5.32. The topological polar surface area (TPSA) is 12.0 Å². The van der Waals surface area contributed by atoms with Gasteiger partial charge < -0.3 is 5.32 Å². The van der Waals surface area contributed by atoms with Gasteiger partial charge in [-0.1, -0.05) is 42.5 Å². The second-order valence-corrected chi connectivity index (χ2v) is 5.35. The highest BCUT2D eigenvalue weighted by Gasteiger charge is 2.41. The van der Waals surface area contributed by atoms with Crippen LogP contribution in [-0.4, -0.2) is 12.7 Å². The summed E-state index contributed by atoms with van der Waals surface area (Å²) in [5.41, 5.74) is 1.10. The summed E-state index contributed by atoms with van der Waals surface area (Å²) in [6.07, 6.45) is -3.36. The molecule has 1 N–H and O–H groups in total. The fourth-order valence-corrected chi connectivity index (χ4v) is 2.96. The maximum Gasteiger partial charge on any atom is 0.393 e. The molecule has 20 heavy (non-hydrogen) atoms. The van der Waals surface area contributed by atoms with Crippen molar-refractivity contribution in [1.82, 2.24) is 5.32 Å². The number of piperidine rings is 1. The van der Waals surface area contributed by atoms with Crippen molar-refractivity contribution in [3.05, 3.63) is 48.0 Å². The van der Waals surface area contributed by atoms with E-state index in [2.05, 4.69) is 5.32 Å². The lowest BCUT2D eigenvalue weighted by atomic mass is 9.88. The third-order valence-electron chi connectivity index (χ3n) is 4.08. The Morgan fingerprint density at radius 3 is 2.40 bits per heavy atom. The van der Waals surface area contributed by atoms with E-state index in [1.165, 1.54) is 0 Å². The van der Waals surface area contributed by atoms with Gasteiger partial charge in [0.15, 0.2) is 0 Å². The van der Waals surface area contributed by atoms with Gasteiger partial charge in [0.25, 0.3) is 0 Å². The number of rotatable bonds is 1. The van der Waals surface area contributed by atoms with Gasteiger partial charge in [0.1, 0.15) is 0 Å². The Balaban J connectivity index is 1.84. The maximum absolute atomic E-state index is 12.7. The lowest BCUT2D eigenvalue weighted by Crippen LogP contribution is -2.40. The van der Waals surface area contributed by atoms with Crippen LogP contribution in [-0.2, 0) is 0 Å². The van der Waals surface area contributed by atoms with Crippen LogP contribution in [0.1, 0.15) is 24.4 Å². The minimum Gasteiger partial charge on any atom is -0.309 e. The van der Waals surface area contributed by atoms with Crippen molar-refractivity contribution in [3.63, 3.8) is 0 Å². The highest BCUT2D eigenvalue weighted by molar-refractivity contribution is 5.86. The first kappa shape index (κ1) is 13.4. The first-order valence-electron chi connectivity index (χ1n) is 6.83. The third-order valence-corrected chi connectivity index (χ3v) is 4.08. The predicted molar refractivity (Wildman–Crippen MR) is 73.5 cm³/mol. The van der Waals surface area contributed by atoms with E-state index < -0.39 is 12.1 Å². The second-order valence-electron chi connectivity index (χ2n) is 5.35. The van der Waals surface area contributed by atoms with Gasteiger partial charge in [-0.25, -0.2) is 0 Å². The molecule has 2 unspecified atom stereocenters. The van der Waals surface area contributed by atoms with Crippen LogP contribution in [0.5, 0.6) is 0 Å². The Hall–Kier alpha value is -1.55. The smallest absolute Gasteiger partial charge is 0.309 e. The van der Waals surface area contributed by atoms with Crippen molar-refractivity contribution < 1.29 is 13.2 Å². The van der Waals surface area contributed by atoms with Gasteiger partial charge in [-0.15, -0.1) is 0 Å². The van der Waals surface area contributed by atoms with Crippen LogP contribution in [0.15, 0.2) is 42.5 Å². The molecule has 1 fully saturated rings. The van der Waals surface area contributed by atoms with Crippen LogP contribution >= 0.6 is 0 Å². The van der Waals surface area contributed by atoms with E-state index in [0.717, 1.165) is 16.3 Å². The fourth-order valence-electron chi connectivity index (χ4n) is 2.96. The van der Waals surface area contributed by atoms with Crippen LogP contribution in [0.4, 0.5) is 13.2 Å². The molecular formula is C16H16F3N. The van der Waals surface area contributed by atoms with Gasteiger partial charge in [0, 0.05) is 12.6 Å². The number of fused-ring (bicyclic) bond motifs is 1. The summed E-state index contributed by atoms with van der Waals surface area (Å²) in [5.74, 6) is -1.21. The van der Waals surface area contributed by atoms with Crippen molar-refractivity contribution >= 4 is 10.8 Å². The predicted octanol–water partition coefficient (Wildman–Crippen LogP) is 4.44. The first-order valence-corrected chi connectivity index (χ1v) is 6.83. The van der Waals surface area contributed by atoms with E-state index in [9.17, 15) is 13.2 Å². The van der Waals surface area contributed by atoms with Crippen molar-refractivity contribution in [2.75, 3.05) is 6.54 Å². The van der Waals surface area contributed by atoms with E-state index in [-0.39, 0.29) is 19.0 Å². The molecule has 1 aliphatic heterocycles. The zero-order chi connectivity index (χ0) is 14.2. The summed E-state index contributed by atoms with van der Waals surface area (Å²) >= 11 is 0. The van der Waals surface area contributed by atoms with E-state index in [1.807, 2.05) is 42.5 Å². The van der Waals surface area contributed by atoms with Crippen LogP contribution in [0.2, 0.25) is 0 Å². The highest BCUT2D eigenvalue weighted by atomic mass is 19.4. The molecule has 1 nitrogen and oxygen atoms in total. The van der Waals surface area contributed by atoms with Gasteiger partial charge in [0.05, 0.1) is 5.92 Å². The normalized spacial score (nSPS) is 23.9. The van der Waals surface area contributed by atoms with Gasteiger partial charge >= 0.3 is 6.18 Å². The van der Waals surface area contributed by atoms with E-state index in [1.54, 1.807) is 0 Å². The Kier molecular flexibility index (Phi) is 3.42. The zero-order valence-corrected chi connectivity index (χ0v) is 11.0. The number of hydrogen-bond donors (Lipinski definition) is 1. The Morgan fingerprint density at radius 1 is 0.950 bits per heavy atom. The number of hydrogen-bond acceptors (Lipinski definition) is 1. The minimum atomic E-state index is -4.09. The third kappa shape index (κ3) is 2.52. The molecule has 4 heteroatoms. The maximum atomic E-state index is 12.7. The molecule has 2 atom stereocenters. The molecular weight excluding hydrogens is 263 g/mol. The number of alkyl halides is 3. The van der Waals surface area contributed by atoms with Crippen LogP contribution in [0, 0.1) is 5.92 Å². The van der Waals surface area contributed by atoms with Crippen LogP contribution in [0.25, 0.3) is 10.8 Å². The average molecular weight is 279 g/mol. The lowest BCUT2D eigenvalue weighted by Gasteiger charge is -2.31. The molecule has 3 rings (SSSR count). The molecule has 0 aromatic heterocycles. The van der Waals surface area contributed by atoms with Gasteiger partial charge in [-0.3, -0.25) is 0 Å². The van der Waals surface area contributed by atoms with Crippen molar-refractivity contribution in [2.45, 2.75) is 25.1 Å². The molecule has 0 spiro atoms. The zero-order valence-electron chi connectivity index (χ0n) is 11.0. The largest absolute Gasteiger partial charge is 0.393 e. The van der Waals surface area contributed by atoms with Crippen molar-refractivity contribution in [3.8, 4) is 0 Å². The van der Waals surface area contributed by atoms with Gasteiger partial charge in [0.2, 0.25) is 0 Å². The molecule has 2 aromatic carbocycles. The number of nitrogens with one attached hydrogen (secondary N) is 1. The molecule has 0 aliphatic carbocycles. The number of halogens is 3. The summed E-state index contributed by atoms with van der Waals surface area (Å²) < 4.78 is 38.1. The molecule has 2 aromatic rings. The van der Waals surface area contributed by atoms with Crippen LogP contribution in [0.3, 0.4) is 0 Å². The standard InChI is InChI=1S/C16H16F3N/c17-16(18,19)12-8-9-15(20-10-12)14-7-3-5-11-4-1-2-6-13(11)14/h1-7,12,15,20H,8-10H2. The van der Waals surface area contributed by atoms with Gasteiger partial charge in [-0.2, -0.15) is 13.2 Å². The molecule has 0 bridgehead atoms. The summed E-state index contributed by atoms with van der Waals surface area (Å²) in [6.45, 7) is 0.0113. The molecule has 0 amide bonds. The van der Waals surface area contributed by atoms with E-state index in [4.69, 9.17) is 0 Å². The van der Waals surface area contributed by atoms with E-state index >= 15 is 0 Å². The summed E-state index contributed by atoms with van der Waals surface area (Å²) in [7, 11) is 0. The molecule has 1 saturated heterocycles. The summed E-state index contributed by atoms with van der Waals surface area (Å²) in [6, 6.07) is 14.0. The SMILES string of the molecule is FC(F)(F)C1CCC(c2cccc3ccccc23)NC1. The average Bonchev–Trinajstić information content (AvgIpc) is 2.46. The second kappa shape index (κ2) is 5.09. The summed E-state index contributed by atoms with van der Waals surface area (Å²) in [4.78, 5) is 0. The Labute approximate surface area is 115 Å². The fraction of sp³-hybridized carbons (Fsp3) is 0.375. The van der Waals surface area contributed by atoms with Crippen LogP contribution < -0.4 is 5.32 Å². The van der Waals surface area contributed by atoms with Crippen molar-refractivity contribution in [2.24, 2.45) is 5.92 Å². The highest BCUT2D eigenvalue weighted by Crippen LogP contribution is 2.37. The number of benzene rings is 2.